The topological polar surface area (TPSA) is 207 Å². The molecular weight excluding hydrogens is 757 g/mol. The summed E-state index contributed by atoms with van der Waals surface area (Å²) >= 11 is 0. The molecule has 0 spiro atoms. The number of amides is 2. The largest absolute Gasteiger partial charge is 0.463 e. The molecule has 2 heterocycles. The number of aryl methyl sites for hydroxylation is 1. The minimum absolute atomic E-state index is 0.0412. The summed E-state index contributed by atoms with van der Waals surface area (Å²) in [5.41, 5.74) is -1.41. The fourth-order valence-electron chi connectivity index (χ4n) is 5.10. The van der Waals surface area contributed by atoms with Crippen molar-refractivity contribution in [3.63, 3.8) is 0 Å². The number of piperazine rings is 1. The summed E-state index contributed by atoms with van der Waals surface area (Å²) in [5.74, 6) is -0.276. The highest BCUT2D eigenvalue weighted by Gasteiger charge is 2.35. The van der Waals surface area contributed by atoms with Gasteiger partial charge in [0.2, 0.25) is 22.3 Å². The molecule has 1 unspecified atom stereocenters. The highest BCUT2D eigenvalue weighted by molar-refractivity contribution is 7.91. The lowest BCUT2D eigenvalue weighted by molar-refractivity contribution is -0.205. The average molecular weight is 805 g/mol. The number of sulfonamides is 1. The standard InChI is InChI=1S/C36H48N6O11S2/c1-9-31(52-42(34(44)51-36(6,7)8)32(37)39-33(43)50-35(3,4)5)49-26-22-25(2)23-27(24-26)53-55(47,48)29-15-11-10-14-28(29)54(45,46)41-20-18-40(19-21-41)30-16-12-13-17-38-30/h10-17,22-24,31H,9,18-21H2,1-8H3,(H2,37,39,43). The zero-order chi connectivity index (χ0) is 40.8. The molecule has 1 aliphatic heterocycles. The normalized spacial score (nSPS) is 14.7. The number of hydrogen-bond acceptors (Lipinski definition) is 14. The van der Waals surface area contributed by atoms with Crippen LogP contribution in [-0.2, 0) is 34.5 Å². The van der Waals surface area contributed by atoms with Crippen molar-refractivity contribution in [1.82, 2.24) is 19.7 Å². The predicted molar refractivity (Wildman–Crippen MR) is 202 cm³/mol. The number of alkyl carbamates (subject to hydrolysis) is 1. The molecule has 0 saturated carbocycles. The van der Waals surface area contributed by atoms with Gasteiger partial charge in [-0.15, -0.1) is 5.06 Å². The number of benzene rings is 2. The van der Waals surface area contributed by atoms with E-state index in [4.69, 9.17) is 28.6 Å². The third kappa shape index (κ3) is 12.0. The molecule has 4 rings (SSSR count). The van der Waals surface area contributed by atoms with Gasteiger partial charge in [-0.25, -0.2) is 27.8 Å². The lowest BCUT2D eigenvalue weighted by Gasteiger charge is -2.34. The second kappa shape index (κ2) is 17.2. The van der Waals surface area contributed by atoms with E-state index < -0.39 is 65.6 Å². The van der Waals surface area contributed by atoms with Gasteiger partial charge in [-0.2, -0.15) is 12.7 Å². The van der Waals surface area contributed by atoms with Crippen LogP contribution in [0.15, 0.2) is 76.7 Å². The van der Waals surface area contributed by atoms with E-state index in [1.54, 1.807) is 67.7 Å². The molecule has 2 amide bonds. The lowest BCUT2D eigenvalue weighted by Crippen LogP contribution is -2.51. The van der Waals surface area contributed by atoms with Crippen molar-refractivity contribution < 1.29 is 49.7 Å². The Bertz CT molecular complexity index is 2060. The third-order valence-electron chi connectivity index (χ3n) is 7.38. The van der Waals surface area contributed by atoms with Gasteiger partial charge in [-0.05, 0) is 90.4 Å². The molecular formula is C36H48N6O11S2. The zero-order valence-electron chi connectivity index (χ0n) is 32.1. The summed E-state index contributed by atoms with van der Waals surface area (Å²) in [6.45, 7) is 13.9. The first kappa shape index (κ1) is 42.8. The summed E-state index contributed by atoms with van der Waals surface area (Å²) in [7, 11) is -9.00. The molecule has 2 N–H and O–H groups in total. The van der Waals surface area contributed by atoms with Crippen LogP contribution in [0.5, 0.6) is 11.5 Å². The molecule has 0 aliphatic carbocycles. The van der Waals surface area contributed by atoms with E-state index in [2.05, 4.69) is 10.3 Å². The van der Waals surface area contributed by atoms with Gasteiger partial charge in [0, 0.05) is 44.9 Å². The fourth-order valence-corrected chi connectivity index (χ4v) is 8.22. The van der Waals surface area contributed by atoms with Crippen LogP contribution in [0.4, 0.5) is 15.4 Å². The van der Waals surface area contributed by atoms with Crippen molar-refractivity contribution in [1.29, 1.82) is 5.41 Å². The van der Waals surface area contributed by atoms with Gasteiger partial charge in [-0.1, -0.05) is 25.1 Å². The maximum absolute atomic E-state index is 13.8. The summed E-state index contributed by atoms with van der Waals surface area (Å²) in [4.78, 5) is 36.5. The van der Waals surface area contributed by atoms with Crippen molar-refractivity contribution in [2.24, 2.45) is 0 Å². The molecule has 19 heteroatoms. The summed E-state index contributed by atoms with van der Waals surface area (Å²) in [6.07, 6.45) is -1.71. The van der Waals surface area contributed by atoms with Crippen molar-refractivity contribution in [2.75, 3.05) is 31.1 Å². The Labute approximate surface area is 322 Å². The van der Waals surface area contributed by atoms with E-state index in [0.29, 0.717) is 29.5 Å². The van der Waals surface area contributed by atoms with Crippen molar-refractivity contribution in [3.05, 3.63) is 72.4 Å². The Morgan fingerprint density at radius 3 is 2.05 bits per heavy atom. The molecule has 1 aliphatic rings. The minimum atomic E-state index is -4.73. The molecule has 2 aromatic carbocycles. The highest BCUT2D eigenvalue weighted by Crippen LogP contribution is 2.31. The van der Waals surface area contributed by atoms with E-state index in [9.17, 15) is 26.4 Å². The number of nitrogens with one attached hydrogen (secondary N) is 2. The summed E-state index contributed by atoms with van der Waals surface area (Å²) < 4.78 is 78.4. The molecule has 0 bridgehead atoms. The number of ether oxygens (including phenoxy) is 3. The molecule has 55 heavy (non-hydrogen) atoms. The van der Waals surface area contributed by atoms with Gasteiger partial charge in [0.05, 0.1) is 0 Å². The van der Waals surface area contributed by atoms with Crippen LogP contribution >= 0.6 is 0 Å². The Kier molecular flexibility index (Phi) is 13.4. The quantitative estimate of drug-likeness (QED) is 0.0818. The van der Waals surface area contributed by atoms with Crippen LogP contribution in [0.2, 0.25) is 0 Å². The van der Waals surface area contributed by atoms with Gasteiger partial charge in [-0.3, -0.25) is 10.7 Å². The first-order valence-corrected chi connectivity index (χ1v) is 20.2. The molecule has 1 atom stereocenters. The van der Waals surface area contributed by atoms with Crippen LogP contribution in [0.25, 0.3) is 0 Å². The number of anilines is 1. The van der Waals surface area contributed by atoms with Gasteiger partial charge in [0.25, 0.3) is 0 Å². The second-order valence-electron chi connectivity index (χ2n) is 14.4. The molecule has 17 nitrogen and oxygen atoms in total. The number of rotatable bonds is 11. The Hall–Kier alpha value is -4.98. The molecule has 0 radical (unpaired) electrons. The van der Waals surface area contributed by atoms with Crippen LogP contribution in [0, 0.1) is 12.3 Å². The zero-order valence-corrected chi connectivity index (χ0v) is 33.7. The number of aromatic nitrogens is 1. The molecule has 300 valence electrons. The summed E-state index contributed by atoms with van der Waals surface area (Å²) in [6, 6.07) is 14.9. The molecule has 1 fully saturated rings. The predicted octanol–water partition coefficient (Wildman–Crippen LogP) is 5.41. The second-order valence-corrected chi connectivity index (χ2v) is 17.8. The monoisotopic (exact) mass is 804 g/mol. The van der Waals surface area contributed by atoms with Crippen LogP contribution in [-0.4, -0.2) is 93.0 Å². The molecule has 3 aromatic rings. The number of nitrogens with zero attached hydrogens (tertiary/aromatic N) is 4. The number of pyridine rings is 1. The maximum Gasteiger partial charge on any atom is 0.442 e. The SMILES string of the molecule is CCC(Oc1cc(C)cc(OS(=O)(=O)c2ccccc2S(=O)(=O)N2CCN(c3ccccn3)CC2)c1)ON(C(=N)NC(=O)OC(C)(C)C)C(=O)OC(C)(C)C. The van der Waals surface area contributed by atoms with E-state index in [0.717, 1.165) is 6.07 Å². The van der Waals surface area contributed by atoms with Crippen molar-refractivity contribution >= 4 is 44.1 Å². The number of carbonyl (C=O) groups is 2. The first-order chi connectivity index (χ1) is 25.6. The van der Waals surface area contributed by atoms with E-state index in [1.807, 2.05) is 17.0 Å². The van der Waals surface area contributed by atoms with Crippen molar-refractivity contribution in [3.8, 4) is 11.5 Å². The Morgan fingerprint density at radius 2 is 1.47 bits per heavy atom. The number of hydroxylamine groups is 2. The van der Waals surface area contributed by atoms with E-state index in [1.165, 1.54) is 40.7 Å². The van der Waals surface area contributed by atoms with Crippen LogP contribution in [0.3, 0.4) is 0 Å². The number of guanidine groups is 1. The maximum atomic E-state index is 13.8. The Morgan fingerprint density at radius 1 is 0.873 bits per heavy atom. The summed E-state index contributed by atoms with van der Waals surface area (Å²) in [5, 5.41) is 10.9. The fraction of sp³-hybridized carbons (Fsp3) is 0.444. The van der Waals surface area contributed by atoms with Crippen LogP contribution in [0.1, 0.15) is 60.5 Å². The van der Waals surface area contributed by atoms with Crippen molar-refractivity contribution in [2.45, 2.75) is 89.1 Å². The Balaban J connectivity index is 1.53. The van der Waals surface area contributed by atoms with Gasteiger partial charge < -0.3 is 23.3 Å². The average Bonchev–Trinajstić information content (AvgIpc) is 3.08. The molecule has 1 aromatic heterocycles. The highest BCUT2D eigenvalue weighted by atomic mass is 32.2. The van der Waals surface area contributed by atoms with Gasteiger partial charge in [0.15, 0.2) is 0 Å². The number of carbonyl (C=O) groups excluding carboxylic acids is 2. The van der Waals surface area contributed by atoms with Gasteiger partial charge in [0.1, 0.15) is 38.3 Å². The van der Waals surface area contributed by atoms with E-state index >= 15 is 0 Å². The number of hydrogen-bond donors (Lipinski definition) is 2. The van der Waals surface area contributed by atoms with Crippen LogP contribution < -0.4 is 19.1 Å². The van der Waals surface area contributed by atoms with E-state index in [-0.39, 0.29) is 31.0 Å². The minimum Gasteiger partial charge on any atom is -0.463 e. The third-order valence-corrected chi connectivity index (χ3v) is 10.8. The van der Waals surface area contributed by atoms with Gasteiger partial charge >= 0.3 is 22.3 Å². The molecule has 1 saturated heterocycles. The first-order valence-electron chi connectivity index (χ1n) is 17.3. The lowest BCUT2D eigenvalue weighted by atomic mass is 10.2. The smallest absolute Gasteiger partial charge is 0.442 e.